The lowest BCUT2D eigenvalue weighted by atomic mass is 9.82. The Morgan fingerprint density at radius 1 is 1.25 bits per heavy atom. The van der Waals surface area contributed by atoms with E-state index in [1.165, 1.54) is 39.0 Å². The first-order valence-electron chi connectivity index (χ1n) is 6.41. The highest BCUT2D eigenvalue weighted by molar-refractivity contribution is 5.85. The molecule has 0 aromatic rings. The molecule has 2 aliphatic heterocycles. The van der Waals surface area contributed by atoms with Crippen LogP contribution in [0, 0.1) is 11.8 Å². The Morgan fingerprint density at radius 2 is 2.00 bits per heavy atom. The van der Waals surface area contributed by atoms with Crippen LogP contribution in [0.3, 0.4) is 0 Å². The van der Waals surface area contributed by atoms with E-state index in [0.29, 0.717) is 0 Å². The van der Waals surface area contributed by atoms with Crippen LogP contribution in [0.1, 0.15) is 25.7 Å². The number of hydrogen-bond acceptors (Lipinski definition) is 3. The monoisotopic (exact) mass is 246 g/mol. The van der Waals surface area contributed by atoms with Gasteiger partial charge in [-0.05, 0) is 57.2 Å². The Bertz CT molecular complexity index is 241. The molecular weight excluding hydrogens is 224 g/mol. The minimum absolute atomic E-state index is 0. The van der Waals surface area contributed by atoms with E-state index in [1.54, 1.807) is 0 Å². The van der Waals surface area contributed by atoms with Crippen molar-refractivity contribution in [2.75, 3.05) is 32.7 Å². The predicted molar refractivity (Wildman–Crippen MR) is 67.0 cm³/mol. The molecule has 0 aromatic carbocycles. The number of nitrogens with zero attached hydrogens (tertiary/aromatic N) is 1. The third-order valence-electron chi connectivity index (χ3n) is 4.37. The van der Waals surface area contributed by atoms with Crippen molar-refractivity contribution < 1.29 is 5.11 Å². The molecule has 1 atom stereocenters. The summed E-state index contributed by atoms with van der Waals surface area (Å²) < 4.78 is 0. The normalized spacial score (nSPS) is 33.9. The molecule has 0 aromatic heterocycles. The molecule has 3 fully saturated rings. The first kappa shape index (κ1) is 12.6. The molecule has 3 rings (SSSR count). The van der Waals surface area contributed by atoms with E-state index in [0.717, 1.165) is 31.2 Å². The number of rotatable bonds is 3. The molecule has 1 aliphatic carbocycles. The highest BCUT2D eigenvalue weighted by atomic mass is 35.5. The van der Waals surface area contributed by atoms with Crippen molar-refractivity contribution in [3.8, 4) is 0 Å². The van der Waals surface area contributed by atoms with Crippen LogP contribution in [0.2, 0.25) is 0 Å². The topological polar surface area (TPSA) is 35.5 Å². The second kappa shape index (κ2) is 4.81. The fourth-order valence-electron chi connectivity index (χ4n) is 2.98. The van der Waals surface area contributed by atoms with Crippen LogP contribution >= 0.6 is 12.4 Å². The summed E-state index contributed by atoms with van der Waals surface area (Å²) in [5, 5.41) is 13.3. The molecule has 1 saturated carbocycles. The van der Waals surface area contributed by atoms with E-state index in [9.17, 15) is 5.11 Å². The minimum atomic E-state index is -0.292. The number of nitrogens with one attached hydrogen (secondary N) is 1. The Hall–Kier alpha value is 0.170. The maximum Gasteiger partial charge on any atom is 0.0776 e. The summed E-state index contributed by atoms with van der Waals surface area (Å²) in [6.45, 7) is 5.82. The Labute approximate surface area is 104 Å². The van der Waals surface area contributed by atoms with Gasteiger partial charge in [0.2, 0.25) is 0 Å². The molecule has 0 amide bonds. The molecule has 2 N–H and O–H groups in total. The fourth-order valence-corrected chi connectivity index (χ4v) is 2.98. The lowest BCUT2D eigenvalue weighted by Gasteiger charge is -2.41. The largest absolute Gasteiger partial charge is 0.389 e. The van der Waals surface area contributed by atoms with Gasteiger partial charge in [-0.25, -0.2) is 0 Å². The number of aliphatic hydroxyl groups is 1. The molecule has 3 aliphatic rings. The van der Waals surface area contributed by atoms with Crippen LogP contribution in [-0.4, -0.2) is 48.3 Å². The van der Waals surface area contributed by atoms with Crippen LogP contribution in [-0.2, 0) is 0 Å². The molecule has 3 nitrogen and oxygen atoms in total. The molecule has 0 unspecified atom stereocenters. The van der Waals surface area contributed by atoms with E-state index in [-0.39, 0.29) is 18.0 Å². The van der Waals surface area contributed by atoms with Crippen molar-refractivity contribution in [1.82, 2.24) is 10.2 Å². The smallest absolute Gasteiger partial charge is 0.0776 e. The molecule has 0 spiro atoms. The van der Waals surface area contributed by atoms with Gasteiger partial charge in [0, 0.05) is 13.1 Å². The summed E-state index contributed by atoms with van der Waals surface area (Å²) in [5.74, 6) is 1.81. The first-order chi connectivity index (χ1) is 7.25. The van der Waals surface area contributed by atoms with Crippen LogP contribution < -0.4 is 5.32 Å². The standard InChI is InChI=1S/C12H22N2O.ClH/c15-12(3-4-12)9-14-5-1-2-10(8-14)11-6-13-7-11;/h10-11,13,15H,1-9H2;1H/t10-;/m0./s1. The van der Waals surface area contributed by atoms with E-state index in [2.05, 4.69) is 10.2 Å². The maximum atomic E-state index is 9.92. The van der Waals surface area contributed by atoms with Gasteiger partial charge in [-0.1, -0.05) is 0 Å². The quantitative estimate of drug-likeness (QED) is 0.776. The summed E-state index contributed by atoms with van der Waals surface area (Å²) >= 11 is 0. The van der Waals surface area contributed by atoms with Gasteiger partial charge in [0.05, 0.1) is 5.60 Å². The minimum Gasteiger partial charge on any atom is -0.389 e. The lowest BCUT2D eigenvalue weighted by molar-refractivity contribution is 0.0486. The van der Waals surface area contributed by atoms with Gasteiger partial charge in [0.25, 0.3) is 0 Å². The van der Waals surface area contributed by atoms with E-state index in [4.69, 9.17) is 0 Å². The molecule has 0 bridgehead atoms. The lowest BCUT2D eigenvalue weighted by Crippen LogP contribution is -2.51. The zero-order chi connectivity index (χ0) is 10.3. The summed E-state index contributed by atoms with van der Waals surface area (Å²) in [5.41, 5.74) is -0.292. The second-order valence-electron chi connectivity index (χ2n) is 5.78. The Morgan fingerprint density at radius 3 is 2.56 bits per heavy atom. The summed E-state index contributed by atoms with van der Waals surface area (Å²) in [7, 11) is 0. The van der Waals surface area contributed by atoms with Crippen molar-refractivity contribution in [1.29, 1.82) is 0 Å². The fraction of sp³-hybridized carbons (Fsp3) is 1.00. The van der Waals surface area contributed by atoms with E-state index >= 15 is 0 Å². The summed E-state index contributed by atoms with van der Waals surface area (Å²) in [6.07, 6.45) is 4.79. The zero-order valence-electron chi connectivity index (χ0n) is 9.82. The summed E-state index contributed by atoms with van der Waals surface area (Å²) in [4.78, 5) is 2.50. The first-order valence-corrected chi connectivity index (χ1v) is 6.41. The Balaban J connectivity index is 0.000000963. The van der Waals surface area contributed by atoms with Gasteiger partial charge in [0.15, 0.2) is 0 Å². The Kier molecular flexibility index (Phi) is 3.79. The van der Waals surface area contributed by atoms with Crippen LogP contribution in [0.5, 0.6) is 0 Å². The van der Waals surface area contributed by atoms with Crippen molar-refractivity contribution >= 4 is 12.4 Å². The molecule has 0 radical (unpaired) electrons. The highest BCUT2D eigenvalue weighted by Crippen LogP contribution is 2.37. The molecule has 94 valence electrons. The number of β-amino-alcohol motifs (C(OH)–C–C–N with tert-alkyl or cyclic N) is 1. The van der Waals surface area contributed by atoms with Gasteiger partial charge in [-0.15, -0.1) is 12.4 Å². The molecule has 4 heteroatoms. The van der Waals surface area contributed by atoms with Gasteiger partial charge in [0.1, 0.15) is 0 Å². The average Bonchev–Trinajstić information content (AvgIpc) is 2.80. The van der Waals surface area contributed by atoms with Crippen LogP contribution in [0.15, 0.2) is 0 Å². The third kappa shape index (κ3) is 2.70. The van der Waals surface area contributed by atoms with Gasteiger partial charge >= 0.3 is 0 Å². The SMILES string of the molecule is Cl.OC1(CN2CCC[C@H](C3CNC3)C2)CC1. The predicted octanol–water partition coefficient (Wildman–Crippen LogP) is 0.864. The van der Waals surface area contributed by atoms with Crippen LogP contribution in [0.4, 0.5) is 0 Å². The summed E-state index contributed by atoms with van der Waals surface area (Å²) in [6, 6.07) is 0. The molecule has 16 heavy (non-hydrogen) atoms. The highest BCUT2D eigenvalue weighted by Gasteiger charge is 2.43. The van der Waals surface area contributed by atoms with Gasteiger partial charge < -0.3 is 15.3 Å². The van der Waals surface area contributed by atoms with Gasteiger partial charge in [-0.3, -0.25) is 0 Å². The average molecular weight is 247 g/mol. The van der Waals surface area contributed by atoms with Gasteiger partial charge in [-0.2, -0.15) is 0 Å². The second-order valence-corrected chi connectivity index (χ2v) is 5.78. The molecule has 2 saturated heterocycles. The van der Waals surface area contributed by atoms with Crippen molar-refractivity contribution in [2.24, 2.45) is 11.8 Å². The zero-order valence-corrected chi connectivity index (χ0v) is 10.6. The number of halogens is 1. The number of piperidine rings is 1. The number of hydrogen-bond donors (Lipinski definition) is 2. The molecule has 2 heterocycles. The van der Waals surface area contributed by atoms with E-state index in [1.807, 2.05) is 0 Å². The third-order valence-corrected chi connectivity index (χ3v) is 4.37. The molecular formula is C12H23ClN2O. The number of likely N-dealkylation sites (tertiary alicyclic amines) is 1. The van der Waals surface area contributed by atoms with Crippen molar-refractivity contribution in [3.05, 3.63) is 0 Å². The maximum absolute atomic E-state index is 9.92. The van der Waals surface area contributed by atoms with Crippen molar-refractivity contribution in [2.45, 2.75) is 31.3 Å². The van der Waals surface area contributed by atoms with Crippen LogP contribution in [0.25, 0.3) is 0 Å². The van der Waals surface area contributed by atoms with Crippen molar-refractivity contribution in [3.63, 3.8) is 0 Å². The van der Waals surface area contributed by atoms with E-state index < -0.39 is 0 Å².